The molecule has 1 N–H and O–H groups in total. The molecule has 8 heteroatoms. The van der Waals surface area contributed by atoms with Crippen LogP contribution in [0.2, 0.25) is 0 Å². The van der Waals surface area contributed by atoms with Crippen LogP contribution in [0.15, 0.2) is 58.4 Å². The van der Waals surface area contributed by atoms with Crippen molar-refractivity contribution in [3.63, 3.8) is 0 Å². The van der Waals surface area contributed by atoms with Crippen LogP contribution in [0.5, 0.6) is 5.75 Å². The quantitative estimate of drug-likeness (QED) is 0.730. The molecular formula is C16H15N3O3S2. The maximum Gasteiger partial charge on any atom is 0.244 e. The lowest BCUT2D eigenvalue weighted by Crippen LogP contribution is -2.24. The molecule has 1 aromatic carbocycles. The topological polar surface area (TPSA) is 81.2 Å². The Morgan fingerprint density at radius 2 is 1.96 bits per heavy atom. The maximum atomic E-state index is 12.5. The summed E-state index contributed by atoms with van der Waals surface area (Å²) in [6.45, 7) is 0.0411. The number of methoxy groups -OCH3 is 1. The normalized spacial score (nSPS) is 11.4. The number of aromatic nitrogens is 2. The third kappa shape index (κ3) is 3.45. The van der Waals surface area contributed by atoms with Gasteiger partial charge in [-0.05, 0) is 23.6 Å². The molecule has 0 atom stereocenters. The van der Waals surface area contributed by atoms with E-state index < -0.39 is 10.0 Å². The zero-order valence-corrected chi connectivity index (χ0v) is 14.5. The second-order valence-corrected chi connectivity index (χ2v) is 7.35. The van der Waals surface area contributed by atoms with Gasteiger partial charge in [0.1, 0.15) is 10.6 Å². The highest BCUT2D eigenvalue weighted by atomic mass is 32.2. The van der Waals surface area contributed by atoms with Gasteiger partial charge < -0.3 is 4.74 Å². The molecule has 0 radical (unpaired) electrons. The molecule has 6 nitrogen and oxygen atoms in total. The number of thiophene rings is 1. The molecule has 0 aliphatic rings. The van der Waals surface area contributed by atoms with Gasteiger partial charge in [0.2, 0.25) is 10.0 Å². The van der Waals surface area contributed by atoms with Gasteiger partial charge in [0.15, 0.2) is 0 Å². The van der Waals surface area contributed by atoms with Crippen molar-refractivity contribution in [1.29, 1.82) is 0 Å². The van der Waals surface area contributed by atoms with Crippen LogP contribution in [0.3, 0.4) is 0 Å². The van der Waals surface area contributed by atoms with Crippen molar-refractivity contribution in [1.82, 2.24) is 14.7 Å². The van der Waals surface area contributed by atoms with Crippen LogP contribution in [0.25, 0.3) is 11.3 Å². The molecule has 3 aromatic rings. The predicted octanol–water partition coefficient (Wildman–Crippen LogP) is 2.69. The molecule has 0 bridgehead atoms. The summed E-state index contributed by atoms with van der Waals surface area (Å²) in [5.74, 6) is 0.294. The molecule has 2 heterocycles. The highest BCUT2D eigenvalue weighted by Crippen LogP contribution is 2.24. The van der Waals surface area contributed by atoms with Gasteiger partial charge in [-0.1, -0.05) is 12.1 Å². The molecule has 2 aromatic heterocycles. The van der Waals surface area contributed by atoms with E-state index in [1.54, 1.807) is 41.9 Å². The summed E-state index contributed by atoms with van der Waals surface area (Å²) in [6.07, 6.45) is 3.13. The lowest BCUT2D eigenvalue weighted by molar-refractivity contribution is 0.402. The molecule has 0 amide bonds. The molecule has 0 aliphatic carbocycles. The van der Waals surface area contributed by atoms with Gasteiger partial charge in [0.05, 0.1) is 25.0 Å². The minimum absolute atomic E-state index is 0.0411. The van der Waals surface area contributed by atoms with Crippen molar-refractivity contribution < 1.29 is 13.2 Å². The molecule has 24 heavy (non-hydrogen) atoms. The Bertz CT molecular complexity index is 925. The van der Waals surface area contributed by atoms with Gasteiger partial charge in [-0.2, -0.15) is 11.3 Å². The van der Waals surface area contributed by atoms with E-state index in [0.29, 0.717) is 17.1 Å². The van der Waals surface area contributed by atoms with E-state index in [0.717, 1.165) is 5.56 Å². The first-order valence-electron chi connectivity index (χ1n) is 7.07. The van der Waals surface area contributed by atoms with Gasteiger partial charge in [-0.3, -0.25) is 9.97 Å². The first-order valence-corrected chi connectivity index (χ1v) is 9.49. The van der Waals surface area contributed by atoms with Crippen molar-refractivity contribution >= 4 is 21.4 Å². The minimum atomic E-state index is -3.73. The Hall–Kier alpha value is -2.29. The van der Waals surface area contributed by atoms with E-state index in [4.69, 9.17) is 4.74 Å². The standard InChI is InChI=1S/C16H15N3O3S2/c1-22-14-4-2-3-5-15(14)24(20,21)19-10-13-16(18-8-7-17-13)12-6-9-23-11-12/h2-9,11,19H,10H2,1H3. The number of hydrogen-bond acceptors (Lipinski definition) is 6. The van der Waals surface area contributed by atoms with Crippen molar-refractivity contribution in [2.24, 2.45) is 0 Å². The maximum absolute atomic E-state index is 12.5. The first kappa shape index (κ1) is 16.6. The van der Waals surface area contributed by atoms with Crippen LogP contribution in [0.1, 0.15) is 5.69 Å². The van der Waals surface area contributed by atoms with E-state index in [1.165, 1.54) is 13.2 Å². The third-order valence-electron chi connectivity index (χ3n) is 3.36. The molecule has 124 valence electrons. The highest BCUT2D eigenvalue weighted by molar-refractivity contribution is 7.89. The van der Waals surface area contributed by atoms with Gasteiger partial charge in [0.25, 0.3) is 0 Å². The van der Waals surface area contributed by atoms with E-state index in [1.807, 2.05) is 16.8 Å². The summed E-state index contributed by atoms with van der Waals surface area (Å²) in [6, 6.07) is 8.39. The molecule has 0 aliphatic heterocycles. The third-order valence-corrected chi connectivity index (χ3v) is 5.48. The fraction of sp³-hybridized carbons (Fsp3) is 0.125. The molecule has 0 saturated carbocycles. The summed E-state index contributed by atoms with van der Waals surface area (Å²) in [5, 5.41) is 3.88. The second kappa shape index (κ2) is 7.08. The van der Waals surface area contributed by atoms with Crippen LogP contribution < -0.4 is 9.46 Å². The fourth-order valence-electron chi connectivity index (χ4n) is 2.22. The molecular weight excluding hydrogens is 346 g/mol. The number of ether oxygens (including phenoxy) is 1. The Balaban J connectivity index is 1.86. The minimum Gasteiger partial charge on any atom is -0.495 e. The van der Waals surface area contributed by atoms with E-state index in [-0.39, 0.29) is 11.4 Å². The van der Waals surface area contributed by atoms with E-state index in [9.17, 15) is 8.42 Å². The number of para-hydroxylation sites is 1. The second-order valence-electron chi connectivity index (χ2n) is 4.84. The lowest BCUT2D eigenvalue weighted by atomic mass is 10.2. The zero-order valence-electron chi connectivity index (χ0n) is 12.8. The molecule has 0 unspecified atom stereocenters. The highest BCUT2D eigenvalue weighted by Gasteiger charge is 2.20. The molecule has 3 rings (SSSR count). The average molecular weight is 361 g/mol. The zero-order chi connectivity index (χ0) is 17.0. The van der Waals surface area contributed by atoms with Crippen LogP contribution >= 0.6 is 11.3 Å². The largest absolute Gasteiger partial charge is 0.495 e. The van der Waals surface area contributed by atoms with Crippen molar-refractivity contribution in [3.8, 4) is 17.0 Å². The van der Waals surface area contributed by atoms with Crippen LogP contribution in [0, 0.1) is 0 Å². The summed E-state index contributed by atoms with van der Waals surface area (Å²) in [4.78, 5) is 8.66. The molecule has 0 spiro atoms. The van der Waals surface area contributed by atoms with E-state index in [2.05, 4.69) is 14.7 Å². The summed E-state index contributed by atoms with van der Waals surface area (Å²) in [5.41, 5.74) is 2.15. The summed E-state index contributed by atoms with van der Waals surface area (Å²) < 4.78 is 32.8. The first-order chi connectivity index (χ1) is 11.6. The van der Waals surface area contributed by atoms with Crippen molar-refractivity contribution in [2.75, 3.05) is 7.11 Å². The van der Waals surface area contributed by atoms with Gasteiger partial charge in [-0.15, -0.1) is 0 Å². The SMILES string of the molecule is COc1ccccc1S(=O)(=O)NCc1nccnc1-c1ccsc1. The Morgan fingerprint density at radius 1 is 1.17 bits per heavy atom. The van der Waals surface area contributed by atoms with Gasteiger partial charge >= 0.3 is 0 Å². The number of sulfonamides is 1. The number of nitrogens with one attached hydrogen (secondary N) is 1. The van der Waals surface area contributed by atoms with E-state index >= 15 is 0 Å². The van der Waals surface area contributed by atoms with Gasteiger partial charge in [-0.25, -0.2) is 13.1 Å². The van der Waals surface area contributed by atoms with Crippen molar-refractivity contribution in [2.45, 2.75) is 11.4 Å². The number of benzene rings is 1. The number of hydrogen-bond donors (Lipinski definition) is 1. The summed E-state index contributed by atoms with van der Waals surface area (Å²) >= 11 is 1.55. The Labute approximate surface area is 144 Å². The molecule has 0 saturated heterocycles. The average Bonchev–Trinajstić information content (AvgIpc) is 3.15. The fourth-order valence-corrected chi connectivity index (χ4v) is 4.02. The predicted molar refractivity (Wildman–Crippen MR) is 92.4 cm³/mol. The summed E-state index contributed by atoms with van der Waals surface area (Å²) in [7, 11) is -2.29. The van der Waals surface area contributed by atoms with Crippen LogP contribution in [-0.2, 0) is 16.6 Å². The number of rotatable bonds is 6. The van der Waals surface area contributed by atoms with Gasteiger partial charge in [0, 0.05) is 23.3 Å². The lowest BCUT2D eigenvalue weighted by Gasteiger charge is -2.11. The monoisotopic (exact) mass is 361 g/mol. The van der Waals surface area contributed by atoms with Crippen LogP contribution in [0.4, 0.5) is 0 Å². The number of nitrogens with zero attached hydrogens (tertiary/aromatic N) is 2. The van der Waals surface area contributed by atoms with Crippen LogP contribution in [-0.4, -0.2) is 25.5 Å². The Kier molecular flexibility index (Phi) is 4.89. The Morgan fingerprint density at radius 3 is 2.71 bits per heavy atom. The molecule has 0 fully saturated rings. The van der Waals surface area contributed by atoms with Crippen molar-refractivity contribution in [3.05, 3.63) is 59.2 Å². The smallest absolute Gasteiger partial charge is 0.244 e.